The number of rotatable bonds is 6. The molecule has 0 aliphatic carbocycles. The van der Waals surface area contributed by atoms with Gasteiger partial charge >= 0.3 is 0 Å². The van der Waals surface area contributed by atoms with Gasteiger partial charge in [0.25, 0.3) is 5.56 Å². The molecule has 142 valence electrons. The number of thiophene rings is 1. The fourth-order valence-corrected chi connectivity index (χ4v) is 4.86. The molecule has 0 unspecified atom stereocenters. The SMILES string of the molecule is CC(C)N(C(=O)CSc1nc2sccc2c(=O)n1-c1ccccc1)C(C)C. The fraction of sp³-hybridized carbons (Fsp3) is 0.350. The number of benzene rings is 1. The Morgan fingerprint density at radius 3 is 2.44 bits per heavy atom. The van der Waals surface area contributed by atoms with E-state index in [1.807, 2.05) is 68.3 Å². The number of thioether (sulfide) groups is 1. The lowest BCUT2D eigenvalue weighted by molar-refractivity contribution is -0.131. The summed E-state index contributed by atoms with van der Waals surface area (Å²) in [5.74, 6) is 0.289. The van der Waals surface area contributed by atoms with Crippen LogP contribution in [0.1, 0.15) is 27.7 Å². The number of carbonyl (C=O) groups excluding carboxylic acids is 1. The summed E-state index contributed by atoms with van der Waals surface area (Å²) in [4.78, 5) is 33.0. The molecule has 1 aromatic carbocycles. The average molecular weight is 402 g/mol. The molecule has 0 spiro atoms. The highest BCUT2D eigenvalue weighted by atomic mass is 32.2. The molecule has 0 saturated carbocycles. The van der Waals surface area contributed by atoms with Crippen LogP contribution in [0.25, 0.3) is 15.9 Å². The van der Waals surface area contributed by atoms with Crippen LogP contribution in [-0.4, -0.2) is 38.2 Å². The van der Waals surface area contributed by atoms with Crippen LogP contribution in [0.2, 0.25) is 0 Å². The minimum Gasteiger partial charge on any atom is -0.337 e. The average Bonchev–Trinajstić information content (AvgIpc) is 3.09. The largest absolute Gasteiger partial charge is 0.337 e. The molecule has 2 aromatic heterocycles. The summed E-state index contributed by atoms with van der Waals surface area (Å²) in [5, 5.41) is 3.01. The Kier molecular flexibility index (Phi) is 6.01. The molecule has 1 amide bonds. The lowest BCUT2D eigenvalue weighted by Gasteiger charge is -2.30. The third kappa shape index (κ3) is 4.09. The molecule has 5 nitrogen and oxygen atoms in total. The molecule has 0 radical (unpaired) electrons. The van der Waals surface area contributed by atoms with Gasteiger partial charge < -0.3 is 4.90 Å². The highest BCUT2D eigenvalue weighted by molar-refractivity contribution is 7.99. The molecular formula is C20H23N3O2S2. The zero-order valence-corrected chi connectivity index (χ0v) is 17.5. The van der Waals surface area contributed by atoms with Crippen LogP contribution in [-0.2, 0) is 4.79 Å². The van der Waals surface area contributed by atoms with Crippen molar-refractivity contribution in [1.29, 1.82) is 0 Å². The van der Waals surface area contributed by atoms with Crippen LogP contribution in [0.4, 0.5) is 0 Å². The van der Waals surface area contributed by atoms with Gasteiger partial charge in [-0.1, -0.05) is 30.0 Å². The van der Waals surface area contributed by atoms with E-state index in [4.69, 9.17) is 0 Å². The van der Waals surface area contributed by atoms with Crippen molar-refractivity contribution in [3.8, 4) is 5.69 Å². The number of para-hydroxylation sites is 1. The van der Waals surface area contributed by atoms with Crippen molar-refractivity contribution in [3.05, 3.63) is 52.1 Å². The molecule has 2 heterocycles. The molecular weight excluding hydrogens is 378 g/mol. The first-order valence-electron chi connectivity index (χ1n) is 8.89. The van der Waals surface area contributed by atoms with Crippen LogP contribution in [0.3, 0.4) is 0 Å². The molecule has 0 N–H and O–H groups in total. The quantitative estimate of drug-likeness (QED) is 0.459. The van der Waals surface area contributed by atoms with Gasteiger partial charge in [0.1, 0.15) is 4.83 Å². The van der Waals surface area contributed by atoms with Crippen molar-refractivity contribution in [2.45, 2.75) is 44.9 Å². The number of carbonyl (C=O) groups is 1. The van der Waals surface area contributed by atoms with Crippen molar-refractivity contribution in [3.63, 3.8) is 0 Å². The Morgan fingerprint density at radius 1 is 1.15 bits per heavy atom. The van der Waals surface area contributed by atoms with Crippen molar-refractivity contribution < 1.29 is 4.79 Å². The first-order chi connectivity index (χ1) is 12.9. The van der Waals surface area contributed by atoms with E-state index >= 15 is 0 Å². The lowest BCUT2D eigenvalue weighted by atomic mass is 10.2. The van der Waals surface area contributed by atoms with Crippen molar-refractivity contribution in [2.24, 2.45) is 0 Å². The third-order valence-corrected chi connectivity index (χ3v) is 5.94. The molecule has 3 aromatic rings. The molecule has 3 rings (SSSR count). The first kappa shape index (κ1) is 19.6. The van der Waals surface area contributed by atoms with E-state index < -0.39 is 0 Å². The maximum atomic E-state index is 13.0. The zero-order chi connectivity index (χ0) is 19.6. The van der Waals surface area contributed by atoms with Crippen LogP contribution in [0.5, 0.6) is 0 Å². The predicted molar refractivity (Wildman–Crippen MR) is 113 cm³/mol. The topological polar surface area (TPSA) is 55.2 Å². The van der Waals surface area contributed by atoms with Crippen molar-refractivity contribution in [2.75, 3.05) is 5.75 Å². The van der Waals surface area contributed by atoms with E-state index in [2.05, 4.69) is 4.98 Å². The van der Waals surface area contributed by atoms with Crippen LogP contribution in [0, 0.1) is 0 Å². The number of fused-ring (bicyclic) bond motifs is 1. The summed E-state index contributed by atoms with van der Waals surface area (Å²) in [7, 11) is 0. The monoisotopic (exact) mass is 401 g/mol. The van der Waals surface area contributed by atoms with E-state index in [1.165, 1.54) is 23.1 Å². The summed E-state index contributed by atoms with van der Waals surface area (Å²) in [5.41, 5.74) is 0.648. The number of hydrogen-bond donors (Lipinski definition) is 0. The highest BCUT2D eigenvalue weighted by Crippen LogP contribution is 2.24. The van der Waals surface area contributed by atoms with Gasteiger partial charge in [-0.15, -0.1) is 11.3 Å². The van der Waals surface area contributed by atoms with Gasteiger partial charge in [0.2, 0.25) is 5.91 Å². The normalized spacial score (nSPS) is 11.5. The summed E-state index contributed by atoms with van der Waals surface area (Å²) in [6.07, 6.45) is 0. The van der Waals surface area contributed by atoms with Gasteiger partial charge in [-0.2, -0.15) is 0 Å². The van der Waals surface area contributed by atoms with Gasteiger partial charge in [0.15, 0.2) is 5.16 Å². The van der Waals surface area contributed by atoms with Crippen LogP contribution < -0.4 is 5.56 Å². The van der Waals surface area contributed by atoms with Gasteiger partial charge in [-0.25, -0.2) is 4.98 Å². The molecule has 0 fully saturated rings. The van der Waals surface area contributed by atoms with E-state index in [0.29, 0.717) is 15.4 Å². The molecule has 27 heavy (non-hydrogen) atoms. The summed E-state index contributed by atoms with van der Waals surface area (Å²) in [6.45, 7) is 8.05. The second-order valence-electron chi connectivity index (χ2n) is 6.79. The standard InChI is InChI=1S/C20H23N3O2S2/c1-13(2)22(14(3)4)17(24)12-27-20-21-18-16(10-11-26-18)19(25)23(20)15-8-6-5-7-9-15/h5-11,13-14H,12H2,1-4H3. The van der Waals surface area contributed by atoms with E-state index in [1.54, 1.807) is 10.6 Å². The van der Waals surface area contributed by atoms with Crippen LogP contribution in [0.15, 0.2) is 51.7 Å². The van der Waals surface area contributed by atoms with Crippen molar-refractivity contribution in [1.82, 2.24) is 14.5 Å². The molecule has 7 heteroatoms. The summed E-state index contributed by atoms with van der Waals surface area (Å²) in [6, 6.07) is 11.5. The number of aromatic nitrogens is 2. The molecule has 0 saturated heterocycles. The Hall–Kier alpha value is -2.12. The minimum atomic E-state index is -0.105. The van der Waals surface area contributed by atoms with E-state index in [-0.39, 0.29) is 29.3 Å². The summed E-state index contributed by atoms with van der Waals surface area (Å²) >= 11 is 2.75. The van der Waals surface area contributed by atoms with Gasteiger partial charge in [0, 0.05) is 12.1 Å². The molecule has 0 atom stereocenters. The maximum Gasteiger partial charge on any atom is 0.267 e. The van der Waals surface area contributed by atoms with Crippen molar-refractivity contribution >= 4 is 39.2 Å². The number of nitrogens with zero attached hydrogens (tertiary/aromatic N) is 3. The lowest BCUT2D eigenvalue weighted by Crippen LogP contribution is -2.43. The van der Waals surface area contributed by atoms with Gasteiger partial charge in [-0.05, 0) is 51.3 Å². The molecule has 0 bridgehead atoms. The molecule has 0 aliphatic heterocycles. The van der Waals surface area contributed by atoms with E-state index in [9.17, 15) is 9.59 Å². The van der Waals surface area contributed by atoms with Crippen LogP contribution >= 0.6 is 23.1 Å². The second kappa shape index (κ2) is 8.27. The fourth-order valence-electron chi connectivity index (χ4n) is 3.17. The van der Waals surface area contributed by atoms with Gasteiger partial charge in [-0.3, -0.25) is 14.2 Å². The zero-order valence-electron chi connectivity index (χ0n) is 15.9. The van der Waals surface area contributed by atoms with E-state index in [0.717, 1.165) is 5.69 Å². The Balaban J connectivity index is 1.99. The highest BCUT2D eigenvalue weighted by Gasteiger charge is 2.22. The molecule has 0 aliphatic rings. The maximum absolute atomic E-state index is 13.0. The smallest absolute Gasteiger partial charge is 0.267 e. The van der Waals surface area contributed by atoms with Gasteiger partial charge in [0.05, 0.1) is 16.8 Å². The number of amides is 1. The Bertz CT molecular complexity index is 985. The third-order valence-electron chi connectivity index (χ3n) is 4.21. The Labute approximate surface area is 167 Å². The predicted octanol–water partition coefficient (Wildman–Crippen LogP) is 4.18. The number of hydrogen-bond acceptors (Lipinski definition) is 5. The first-order valence-corrected chi connectivity index (χ1v) is 10.8. The summed E-state index contributed by atoms with van der Waals surface area (Å²) < 4.78 is 1.60. The minimum absolute atomic E-state index is 0.0464. The Morgan fingerprint density at radius 2 is 1.81 bits per heavy atom. The second-order valence-corrected chi connectivity index (χ2v) is 8.62.